The van der Waals surface area contributed by atoms with E-state index in [4.69, 9.17) is 0 Å². The van der Waals surface area contributed by atoms with Crippen molar-refractivity contribution in [2.45, 2.75) is 52.4 Å². The number of rotatable bonds is 1. The van der Waals surface area contributed by atoms with Crippen LogP contribution in [-0.4, -0.2) is 23.1 Å². The summed E-state index contributed by atoms with van der Waals surface area (Å²) in [5.41, 5.74) is 1.77. The van der Waals surface area contributed by atoms with Gasteiger partial charge in [0.25, 0.3) is 0 Å². The van der Waals surface area contributed by atoms with Crippen molar-refractivity contribution in [3.05, 3.63) is 17.6 Å². The molecule has 0 aromatic carbocycles. The molecule has 3 nitrogen and oxygen atoms in total. The van der Waals surface area contributed by atoms with Gasteiger partial charge in [-0.1, -0.05) is 12.8 Å². The standard InChI is InChI=1S/C15H23N3/c1-12-11-14(17-13(2)16-12)18-9-7-15(8-10-18)5-3-4-6-15/h11H,3-10H2,1-2H3. The molecule has 3 rings (SSSR count). The molecule has 3 heteroatoms. The summed E-state index contributed by atoms with van der Waals surface area (Å²) in [6.07, 6.45) is 8.53. The number of aromatic nitrogens is 2. The fourth-order valence-corrected chi connectivity index (χ4v) is 3.69. The topological polar surface area (TPSA) is 29.0 Å². The molecule has 18 heavy (non-hydrogen) atoms. The van der Waals surface area contributed by atoms with Crippen LogP contribution in [0.5, 0.6) is 0 Å². The Bertz CT molecular complexity index is 405. The normalized spacial score (nSPS) is 22.7. The summed E-state index contributed by atoms with van der Waals surface area (Å²) in [6, 6.07) is 2.12. The van der Waals surface area contributed by atoms with Gasteiger partial charge in [-0.2, -0.15) is 0 Å². The zero-order chi connectivity index (χ0) is 12.6. The first kappa shape index (κ1) is 11.9. The largest absolute Gasteiger partial charge is 0.356 e. The number of aryl methyl sites for hydroxylation is 2. The molecular weight excluding hydrogens is 222 g/mol. The van der Waals surface area contributed by atoms with Crippen LogP contribution in [0.25, 0.3) is 0 Å². The highest BCUT2D eigenvalue weighted by Crippen LogP contribution is 2.46. The molecule has 0 N–H and O–H groups in total. The number of hydrogen-bond donors (Lipinski definition) is 0. The summed E-state index contributed by atoms with van der Waals surface area (Å²) in [6.45, 7) is 6.39. The molecule has 2 fully saturated rings. The molecule has 0 unspecified atom stereocenters. The summed E-state index contributed by atoms with van der Waals surface area (Å²) in [4.78, 5) is 11.4. The fourth-order valence-electron chi connectivity index (χ4n) is 3.69. The van der Waals surface area contributed by atoms with Gasteiger partial charge in [0.15, 0.2) is 0 Å². The number of nitrogens with zero attached hydrogens (tertiary/aromatic N) is 3. The Morgan fingerprint density at radius 2 is 1.67 bits per heavy atom. The van der Waals surface area contributed by atoms with E-state index in [0.717, 1.165) is 17.3 Å². The van der Waals surface area contributed by atoms with Crippen molar-refractivity contribution < 1.29 is 0 Å². The highest BCUT2D eigenvalue weighted by Gasteiger charge is 2.37. The van der Waals surface area contributed by atoms with E-state index in [9.17, 15) is 0 Å². The lowest BCUT2D eigenvalue weighted by molar-refractivity contribution is 0.226. The Hall–Kier alpha value is -1.12. The molecule has 1 aromatic rings. The van der Waals surface area contributed by atoms with Crippen LogP contribution in [0, 0.1) is 19.3 Å². The van der Waals surface area contributed by atoms with Gasteiger partial charge >= 0.3 is 0 Å². The third-order valence-corrected chi connectivity index (χ3v) is 4.76. The first-order chi connectivity index (χ1) is 8.67. The molecule has 2 aliphatic rings. The molecule has 1 aliphatic carbocycles. The van der Waals surface area contributed by atoms with Gasteiger partial charge < -0.3 is 4.90 Å². The Balaban J connectivity index is 1.72. The lowest BCUT2D eigenvalue weighted by Crippen LogP contribution is -2.39. The molecule has 1 aliphatic heterocycles. The maximum atomic E-state index is 4.59. The quantitative estimate of drug-likeness (QED) is 0.760. The van der Waals surface area contributed by atoms with Crippen LogP contribution >= 0.6 is 0 Å². The zero-order valence-electron chi connectivity index (χ0n) is 11.6. The van der Waals surface area contributed by atoms with Crippen molar-refractivity contribution in [1.29, 1.82) is 0 Å². The average molecular weight is 245 g/mol. The minimum atomic E-state index is 0.688. The predicted octanol–water partition coefficient (Wildman–Crippen LogP) is 3.25. The van der Waals surface area contributed by atoms with Crippen LogP contribution in [0.1, 0.15) is 50.0 Å². The van der Waals surface area contributed by atoms with Gasteiger partial charge in [-0.15, -0.1) is 0 Å². The van der Waals surface area contributed by atoms with Crippen LogP contribution in [0.4, 0.5) is 5.82 Å². The van der Waals surface area contributed by atoms with Gasteiger partial charge in [-0.25, -0.2) is 9.97 Å². The van der Waals surface area contributed by atoms with Crippen LogP contribution < -0.4 is 4.90 Å². The van der Waals surface area contributed by atoms with Crippen molar-refractivity contribution in [2.24, 2.45) is 5.41 Å². The monoisotopic (exact) mass is 245 g/mol. The fraction of sp³-hybridized carbons (Fsp3) is 0.733. The second-order valence-corrected chi connectivity index (χ2v) is 6.11. The molecule has 0 atom stereocenters. The van der Waals surface area contributed by atoms with Gasteiger partial charge in [0, 0.05) is 24.8 Å². The number of hydrogen-bond acceptors (Lipinski definition) is 3. The second kappa shape index (κ2) is 4.52. The number of anilines is 1. The molecule has 0 bridgehead atoms. The van der Waals surface area contributed by atoms with Crippen LogP contribution in [0.15, 0.2) is 6.07 Å². The molecule has 1 saturated carbocycles. The van der Waals surface area contributed by atoms with Gasteiger partial charge in [-0.05, 0) is 44.9 Å². The predicted molar refractivity (Wildman–Crippen MR) is 73.9 cm³/mol. The van der Waals surface area contributed by atoms with Crippen LogP contribution in [0.2, 0.25) is 0 Å². The third-order valence-electron chi connectivity index (χ3n) is 4.76. The Kier molecular flexibility index (Phi) is 3.00. The van der Waals surface area contributed by atoms with Gasteiger partial charge in [0.05, 0.1) is 0 Å². The molecule has 1 spiro atoms. The molecule has 1 saturated heterocycles. The van der Waals surface area contributed by atoms with Gasteiger partial charge in [0.2, 0.25) is 0 Å². The van der Waals surface area contributed by atoms with Crippen molar-refractivity contribution in [2.75, 3.05) is 18.0 Å². The SMILES string of the molecule is Cc1cc(N2CCC3(CCCC3)CC2)nc(C)n1. The van der Waals surface area contributed by atoms with Crippen LogP contribution in [0.3, 0.4) is 0 Å². The van der Waals surface area contributed by atoms with Crippen LogP contribution in [-0.2, 0) is 0 Å². The summed E-state index contributed by atoms with van der Waals surface area (Å²) in [5, 5.41) is 0. The van der Waals surface area contributed by atoms with E-state index in [2.05, 4.69) is 27.9 Å². The van der Waals surface area contributed by atoms with Crippen molar-refractivity contribution >= 4 is 5.82 Å². The lowest BCUT2D eigenvalue weighted by Gasteiger charge is -2.40. The highest BCUT2D eigenvalue weighted by atomic mass is 15.2. The van der Waals surface area contributed by atoms with E-state index in [-0.39, 0.29) is 0 Å². The summed E-state index contributed by atoms with van der Waals surface area (Å²) in [5.74, 6) is 2.03. The van der Waals surface area contributed by atoms with Gasteiger partial charge in [-0.3, -0.25) is 0 Å². The third kappa shape index (κ3) is 2.23. The van der Waals surface area contributed by atoms with E-state index >= 15 is 0 Å². The minimum Gasteiger partial charge on any atom is -0.356 e. The summed E-state index contributed by atoms with van der Waals surface area (Å²) >= 11 is 0. The Morgan fingerprint density at radius 3 is 2.28 bits per heavy atom. The molecule has 0 amide bonds. The summed E-state index contributed by atoms with van der Waals surface area (Å²) in [7, 11) is 0. The lowest BCUT2D eigenvalue weighted by atomic mass is 9.77. The van der Waals surface area contributed by atoms with Crippen molar-refractivity contribution in [3.8, 4) is 0 Å². The maximum absolute atomic E-state index is 4.59. The Morgan fingerprint density at radius 1 is 1.00 bits per heavy atom. The van der Waals surface area contributed by atoms with E-state index in [1.807, 2.05) is 6.92 Å². The van der Waals surface area contributed by atoms with E-state index in [1.165, 1.54) is 51.6 Å². The minimum absolute atomic E-state index is 0.688. The zero-order valence-corrected chi connectivity index (χ0v) is 11.6. The molecule has 2 heterocycles. The smallest absolute Gasteiger partial charge is 0.132 e. The van der Waals surface area contributed by atoms with E-state index < -0.39 is 0 Å². The molecule has 0 radical (unpaired) electrons. The van der Waals surface area contributed by atoms with E-state index in [0.29, 0.717) is 5.41 Å². The maximum Gasteiger partial charge on any atom is 0.132 e. The number of piperidine rings is 1. The molecule has 98 valence electrons. The Labute approximate surface area is 110 Å². The first-order valence-corrected chi connectivity index (χ1v) is 7.24. The molecular formula is C15H23N3. The van der Waals surface area contributed by atoms with E-state index in [1.54, 1.807) is 0 Å². The van der Waals surface area contributed by atoms with Crippen molar-refractivity contribution in [3.63, 3.8) is 0 Å². The molecule has 1 aromatic heterocycles. The highest BCUT2D eigenvalue weighted by molar-refractivity contribution is 5.40. The second-order valence-electron chi connectivity index (χ2n) is 6.11. The van der Waals surface area contributed by atoms with Gasteiger partial charge in [0.1, 0.15) is 11.6 Å². The average Bonchev–Trinajstić information content (AvgIpc) is 2.77. The first-order valence-electron chi connectivity index (χ1n) is 7.24. The van der Waals surface area contributed by atoms with Crippen molar-refractivity contribution in [1.82, 2.24) is 9.97 Å². The summed E-state index contributed by atoms with van der Waals surface area (Å²) < 4.78 is 0.